The molecule has 0 atom stereocenters. The first-order valence-electron chi connectivity index (χ1n) is 11.7. The zero-order chi connectivity index (χ0) is 23.4. The molecule has 0 aromatic heterocycles. The molecule has 4 rings (SSSR count). The molecule has 1 saturated heterocycles. The van der Waals surface area contributed by atoms with Crippen LogP contribution in [-0.2, 0) is 6.42 Å². The summed E-state index contributed by atoms with van der Waals surface area (Å²) in [7, 11) is 2.17. The van der Waals surface area contributed by atoms with Crippen molar-refractivity contribution in [3.63, 3.8) is 0 Å². The summed E-state index contributed by atoms with van der Waals surface area (Å²) in [5.41, 5.74) is 6.46. The van der Waals surface area contributed by atoms with Gasteiger partial charge in [-0.25, -0.2) is 9.98 Å². The summed E-state index contributed by atoms with van der Waals surface area (Å²) in [5.74, 6) is 0.663. The molecule has 2 aromatic carbocycles. The zero-order valence-electron chi connectivity index (χ0n) is 19.9. The second kappa shape index (κ2) is 10.1. The highest BCUT2D eigenvalue weighted by Gasteiger charge is 2.22. The Labute approximate surface area is 196 Å². The number of piperazine rings is 1. The average molecular weight is 444 g/mol. The van der Waals surface area contributed by atoms with Crippen LogP contribution in [0.25, 0.3) is 0 Å². The van der Waals surface area contributed by atoms with Crippen molar-refractivity contribution < 1.29 is 4.79 Å². The number of benzene rings is 2. The number of carbonyl (C=O) groups excluding carboxylic acids is 1. The Morgan fingerprint density at radius 1 is 1.09 bits per heavy atom. The minimum atomic E-state index is 0.112. The first-order valence-corrected chi connectivity index (χ1v) is 11.7. The predicted octanol–water partition coefficient (Wildman–Crippen LogP) is 3.84. The van der Waals surface area contributed by atoms with E-state index >= 15 is 0 Å². The van der Waals surface area contributed by atoms with Crippen LogP contribution in [0.5, 0.6) is 0 Å². The van der Waals surface area contributed by atoms with E-state index in [1.807, 2.05) is 31.2 Å². The molecule has 2 heterocycles. The van der Waals surface area contributed by atoms with E-state index in [4.69, 9.17) is 0 Å². The Balaban J connectivity index is 1.45. The molecule has 172 valence electrons. The van der Waals surface area contributed by atoms with E-state index in [-0.39, 0.29) is 5.78 Å². The van der Waals surface area contributed by atoms with Gasteiger partial charge in [0.15, 0.2) is 5.78 Å². The van der Waals surface area contributed by atoms with E-state index < -0.39 is 0 Å². The Morgan fingerprint density at radius 3 is 2.58 bits per heavy atom. The molecule has 0 spiro atoms. The number of allylic oxidation sites excluding steroid dienone is 1. The van der Waals surface area contributed by atoms with Crippen molar-refractivity contribution in [1.82, 2.24) is 10.2 Å². The van der Waals surface area contributed by atoms with Gasteiger partial charge in [-0.1, -0.05) is 36.9 Å². The van der Waals surface area contributed by atoms with Gasteiger partial charge in [0, 0.05) is 56.0 Å². The van der Waals surface area contributed by atoms with Gasteiger partial charge in [-0.3, -0.25) is 4.79 Å². The summed E-state index contributed by atoms with van der Waals surface area (Å²) in [6, 6.07) is 14.3. The van der Waals surface area contributed by atoms with Gasteiger partial charge >= 0.3 is 0 Å². The monoisotopic (exact) mass is 443 g/mol. The van der Waals surface area contributed by atoms with E-state index in [1.165, 1.54) is 16.8 Å². The largest absolute Gasteiger partial charge is 0.369 e. The van der Waals surface area contributed by atoms with Crippen molar-refractivity contribution >= 4 is 23.1 Å². The highest BCUT2D eigenvalue weighted by Crippen LogP contribution is 2.24. The van der Waals surface area contributed by atoms with Crippen molar-refractivity contribution in [2.45, 2.75) is 26.7 Å². The van der Waals surface area contributed by atoms with Gasteiger partial charge in [-0.05, 0) is 50.6 Å². The van der Waals surface area contributed by atoms with E-state index in [9.17, 15) is 4.79 Å². The maximum Gasteiger partial charge on any atom is 0.223 e. The lowest BCUT2D eigenvalue weighted by Crippen LogP contribution is -2.44. The quantitative estimate of drug-likeness (QED) is 0.661. The molecule has 0 bridgehead atoms. The van der Waals surface area contributed by atoms with Crippen LogP contribution in [0.1, 0.15) is 40.4 Å². The van der Waals surface area contributed by atoms with Crippen LogP contribution >= 0.6 is 0 Å². The van der Waals surface area contributed by atoms with Crippen molar-refractivity contribution in [1.29, 1.82) is 0 Å². The van der Waals surface area contributed by atoms with Crippen LogP contribution in [0.4, 0.5) is 5.69 Å². The van der Waals surface area contributed by atoms with E-state index in [0.29, 0.717) is 35.8 Å². The third kappa shape index (κ3) is 5.22. The van der Waals surface area contributed by atoms with Gasteiger partial charge in [0.25, 0.3) is 0 Å². The lowest BCUT2D eigenvalue weighted by Gasteiger charge is -2.34. The van der Waals surface area contributed by atoms with Crippen LogP contribution in [0.2, 0.25) is 0 Å². The van der Waals surface area contributed by atoms with E-state index in [2.05, 4.69) is 63.9 Å². The number of aryl methyl sites for hydroxylation is 2. The highest BCUT2D eigenvalue weighted by molar-refractivity contribution is 6.23. The number of ketones is 1. The van der Waals surface area contributed by atoms with Gasteiger partial charge in [-0.15, -0.1) is 0 Å². The fourth-order valence-corrected chi connectivity index (χ4v) is 4.37. The second-order valence-electron chi connectivity index (χ2n) is 8.74. The molecule has 2 aromatic rings. The van der Waals surface area contributed by atoms with Gasteiger partial charge in [-0.2, -0.15) is 0 Å². The molecule has 2 aliphatic rings. The standard InChI is InChI=1S/C27H33N5O/c1-5-28-27-29-20(3)26(30-27)24-9-7-6-8-23(24)25(33)13-11-21-10-12-22(18-19(21)2)32-16-14-31(4)15-17-32/h6-10,12,18H,3,5,11,13-17H2,1-2,4H3,(H,28,29). The van der Waals surface area contributed by atoms with Crippen LogP contribution < -0.4 is 10.2 Å². The fraction of sp³-hybridized carbons (Fsp3) is 0.370. The molecule has 6 nitrogen and oxygen atoms in total. The number of carbonyl (C=O) groups is 1. The predicted molar refractivity (Wildman–Crippen MR) is 137 cm³/mol. The molecule has 1 N–H and O–H groups in total. The van der Waals surface area contributed by atoms with E-state index in [0.717, 1.165) is 38.3 Å². The van der Waals surface area contributed by atoms with Crippen molar-refractivity contribution in [2.75, 3.05) is 44.7 Å². The van der Waals surface area contributed by atoms with Crippen molar-refractivity contribution in [3.05, 3.63) is 77.0 Å². The minimum Gasteiger partial charge on any atom is -0.369 e. The number of Topliss-reactive ketones (excluding diaryl/α,β-unsaturated/α-hetero) is 1. The Kier molecular flexibility index (Phi) is 7.04. The smallest absolute Gasteiger partial charge is 0.223 e. The molecular weight excluding hydrogens is 410 g/mol. The number of nitrogens with zero attached hydrogens (tertiary/aromatic N) is 4. The van der Waals surface area contributed by atoms with Gasteiger partial charge < -0.3 is 15.1 Å². The number of anilines is 1. The van der Waals surface area contributed by atoms with Crippen molar-refractivity contribution in [2.24, 2.45) is 9.98 Å². The zero-order valence-corrected chi connectivity index (χ0v) is 19.9. The minimum absolute atomic E-state index is 0.112. The maximum atomic E-state index is 13.2. The Hall–Kier alpha value is -3.25. The molecule has 0 aliphatic carbocycles. The summed E-state index contributed by atoms with van der Waals surface area (Å²) in [6.45, 7) is 13.2. The SMILES string of the molecule is C=C1N=C(NCC)N=C1c1ccccc1C(=O)CCc1ccc(N2CCN(C)CC2)cc1C. The number of hydrogen-bond acceptors (Lipinski definition) is 6. The fourth-order valence-electron chi connectivity index (χ4n) is 4.37. The summed E-state index contributed by atoms with van der Waals surface area (Å²) in [4.78, 5) is 27.0. The number of likely N-dealkylation sites (N-methyl/N-ethyl adjacent to an activating group) is 1. The first-order chi connectivity index (χ1) is 16.0. The van der Waals surface area contributed by atoms with Crippen molar-refractivity contribution in [3.8, 4) is 0 Å². The highest BCUT2D eigenvalue weighted by atomic mass is 16.1. The summed E-state index contributed by atoms with van der Waals surface area (Å²) >= 11 is 0. The molecular formula is C27H33N5O. The molecule has 6 heteroatoms. The first kappa shape index (κ1) is 22.9. The van der Waals surface area contributed by atoms with Crippen LogP contribution in [0.3, 0.4) is 0 Å². The summed E-state index contributed by atoms with van der Waals surface area (Å²) < 4.78 is 0. The Bertz CT molecular complexity index is 1110. The van der Waals surface area contributed by atoms with Gasteiger partial charge in [0.2, 0.25) is 5.96 Å². The molecule has 0 amide bonds. The molecule has 33 heavy (non-hydrogen) atoms. The number of guanidine groups is 1. The third-order valence-corrected chi connectivity index (χ3v) is 6.37. The number of nitrogens with one attached hydrogen (secondary N) is 1. The molecule has 0 unspecified atom stereocenters. The maximum absolute atomic E-state index is 13.2. The summed E-state index contributed by atoms with van der Waals surface area (Å²) in [5, 5.41) is 3.12. The lowest BCUT2D eigenvalue weighted by molar-refractivity contribution is 0.0982. The number of aliphatic imine (C=N–C) groups is 2. The van der Waals surface area contributed by atoms with Crippen LogP contribution in [0, 0.1) is 6.92 Å². The topological polar surface area (TPSA) is 60.3 Å². The summed E-state index contributed by atoms with van der Waals surface area (Å²) in [6.07, 6.45) is 1.17. The average Bonchev–Trinajstić information content (AvgIpc) is 3.18. The van der Waals surface area contributed by atoms with Gasteiger partial charge in [0.05, 0.1) is 5.70 Å². The Morgan fingerprint density at radius 2 is 1.85 bits per heavy atom. The van der Waals surface area contributed by atoms with E-state index in [1.54, 1.807) is 0 Å². The molecule has 2 aliphatic heterocycles. The molecule has 0 radical (unpaired) electrons. The van der Waals surface area contributed by atoms with Gasteiger partial charge in [0.1, 0.15) is 5.71 Å². The number of rotatable bonds is 7. The van der Waals surface area contributed by atoms with Crippen LogP contribution in [-0.4, -0.2) is 62.1 Å². The lowest BCUT2D eigenvalue weighted by atomic mass is 9.94. The molecule has 1 fully saturated rings. The third-order valence-electron chi connectivity index (χ3n) is 6.37. The van der Waals surface area contributed by atoms with Crippen LogP contribution in [0.15, 0.2) is 64.7 Å². The number of hydrogen-bond donors (Lipinski definition) is 1. The molecule has 0 saturated carbocycles. The second-order valence-corrected chi connectivity index (χ2v) is 8.74. The normalized spacial score (nSPS) is 16.6.